The first kappa shape index (κ1) is 13.6. The smallest absolute Gasteiger partial charge is 0.244 e. The van der Waals surface area contributed by atoms with Gasteiger partial charge in [-0.05, 0) is 11.6 Å². The zero-order valence-corrected chi connectivity index (χ0v) is 11.3. The van der Waals surface area contributed by atoms with Crippen LogP contribution in [0.2, 0.25) is 0 Å². The van der Waals surface area contributed by atoms with Gasteiger partial charge in [0, 0.05) is 12.6 Å². The highest BCUT2D eigenvalue weighted by Gasteiger charge is 2.18. The van der Waals surface area contributed by atoms with Crippen molar-refractivity contribution in [2.75, 3.05) is 7.11 Å². The molecule has 0 bridgehead atoms. The first-order chi connectivity index (χ1) is 9.13. The Bertz CT molecular complexity index is 639. The van der Waals surface area contributed by atoms with Crippen LogP contribution in [0.3, 0.4) is 0 Å². The van der Waals surface area contributed by atoms with Gasteiger partial charge in [0.05, 0.1) is 7.11 Å². The molecule has 0 amide bonds. The normalized spacial score (nSPS) is 11.2. The molecule has 2 aromatic rings. The summed E-state index contributed by atoms with van der Waals surface area (Å²) in [4.78, 5) is 0.0911. The van der Waals surface area contributed by atoms with E-state index in [0.29, 0.717) is 0 Å². The summed E-state index contributed by atoms with van der Waals surface area (Å²) in [5.74, 6) is 0.211. The minimum Gasteiger partial charge on any atom is -0.495 e. The Balaban J connectivity index is 2.19. The predicted octanol–water partition coefficient (Wildman–Crippen LogP) is 1.97. The molecule has 2 rings (SSSR count). The third-order valence-corrected chi connectivity index (χ3v) is 4.01. The summed E-state index contributed by atoms with van der Waals surface area (Å²) >= 11 is 0. The van der Waals surface area contributed by atoms with Crippen molar-refractivity contribution in [2.45, 2.75) is 11.4 Å². The molecule has 1 radical (unpaired) electrons. The van der Waals surface area contributed by atoms with Gasteiger partial charge in [0.25, 0.3) is 0 Å². The molecular formula is C14H14NO3S. The van der Waals surface area contributed by atoms with E-state index in [1.54, 1.807) is 12.1 Å². The molecule has 0 aromatic heterocycles. The standard InChI is InChI=1S/C14H14NO3S/c1-18-13-9-5-6-10-14(13)19(16,17)15-11-12-7-3-2-4-8-12/h2-8,10,15H,11H2,1H3. The number of para-hydroxylation sites is 1. The Morgan fingerprint density at radius 1 is 1.16 bits per heavy atom. The molecule has 0 fully saturated rings. The molecule has 4 nitrogen and oxygen atoms in total. The van der Waals surface area contributed by atoms with E-state index in [4.69, 9.17) is 4.74 Å². The van der Waals surface area contributed by atoms with Crippen LogP contribution < -0.4 is 9.46 Å². The van der Waals surface area contributed by atoms with E-state index < -0.39 is 10.0 Å². The highest BCUT2D eigenvalue weighted by molar-refractivity contribution is 7.89. The average molecular weight is 276 g/mol. The summed E-state index contributed by atoms with van der Waals surface area (Å²) in [5.41, 5.74) is 0.893. The maximum Gasteiger partial charge on any atom is 0.244 e. The van der Waals surface area contributed by atoms with Crippen LogP contribution in [0, 0.1) is 6.07 Å². The molecule has 0 unspecified atom stereocenters. The zero-order valence-electron chi connectivity index (χ0n) is 10.5. The lowest BCUT2D eigenvalue weighted by Crippen LogP contribution is -2.23. The Hall–Kier alpha value is -1.85. The zero-order chi connectivity index (χ0) is 13.7. The van der Waals surface area contributed by atoms with Gasteiger partial charge < -0.3 is 4.74 Å². The number of benzene rings is 2. The Labute approximate surface area is 113 Å². The van der Waals surface area contributed by atoms with Gasteiger partial charge in [-0.3, -0.25) is 0 Å². The van der Waals surface area contributed by atoms with Crippen LogP contribution in [0.25, 0.3) is 0 Å². The van der Waals surface area contributed by atoms with Crippen LogP contribution in [0.1, 0.15) is 5.56 Å². The predicted molar refractivity (Wildman–Crippen MR) is 72.3 cm³/mol. The van der Waals surface area contributed by atoms with Crippen LogP contribution in [-0.4, -0.2) is 15.5 Å². The Morgan fingerprint density at radius 3 is 2.58 bits per heavy atom. The molecule has 0 heterocycles. The Morgan fingerprint density at radius 2 is 1.89 bits per heavy atom. The van der Waals surface area contributed by atoms with Gasteiger partial charge in [0.15, 0.2) is 0 Å². The summed E-state index contributed by atoms with van der Waals surface area (Å²) in [6, 6.07) is 16.8. The SMILES string of the molecule is COc1[c]cccc1S(=O)(=O)NCc1ccccc1. The molecule has 0 aliphatic rings. The van der Waals surface area contributed by atoms with Gasteiger partial charge in [-0.15, -0.1) is 0 Å². The van der Waals surface area contributed by atoms with E-state index in [-0.39, 0.29) is 17.2 Å². The van der Waals surface area contributed by atoms with Gasteiger partial charge in [0.2, 0.25) is 10.0 Å². The molecule has 19 heavy (non-hydrogen) atoms. The van der Waals surface area contributed by atoms with Crippen molar-refractivity contribution in [2.24, 2.45) is 0 Å². The molecule has 2 aromatic carbocycles. The fraction of sp³-hybridized carbons (Fsp3) is 0.143. The summed E-state index contributed by atoms with van der Waals surface area (Å²) in [6.07, 6.45) is 0. The fourth-order valence-electron chi connectivity index (χ4n) is 1.63. The summed E-state index contributed by atoms with van der Waals surface area (Å²) < 4.78 is 31.9. The molecule has 0 saturated heterocycles. The molecule has 5 heteroatoms. The third-order valence-electron chi connectivity index (χ3n) is 2.58. The van der Waals surface area contributed by atoms with E-state index in [0.717, 1.165) is 5.56 Å². The van der Waals surface area contributed by atoms with Crippen molar-refractivity contribution in [3.63, 3.8) is 0 Å². The molecule has 0 atom stereocenters. The van der Waals surface area contributed by atoms with Gasteiger partial charge in [-0.25, -0.2) is 13.1 Å². The first-order valence-corrected chi connectivity index (χ1v) is 7.20. The second kappa shape index (κ2) is 5.86. The van der Waals surface area contributed by atoms with Crippen molar-refractivity contribution in [1.29, 1.82) is 0 Å². The van der Waals surface area contributed by atoms with Crippen molar-refractivity contribution in [3.05, 3.63) is 60.2 Å². The summed E-state index contributed by atoms with van der Waals surface area (Å²) in [6.45, 7) is 0.237. The molecule has 1 N–H and O–H groups in total. The maximum atomic E-state index is 12.2. The number of sulfonamides is 1. The van der Waals surface area contributed by atoms with Crippen molar-refractivity contribution in [1.82, 2.24) is 4.72 Å². The van der Waals surface area contributed by atoms with Gasteiger partial charge >= 0.3 is 0 Å². The molecule has 0 spiro atoms. The van der Waals surface area contributed by atoms with Crippen molar-refractivity contribution >= 4 is 10.0 Å². The molecule has 0 aliphatic heterocycles. The highest BCUT2D eigenvalue weighted by Crippen LogP contribution is 2.22. The van der Waals surface area contributed by atoms with Crippen molar-refractivity contribution < 1.29 is 13.2 Å². The summed E-state index contributed by atoms with van der Waals surface area (Å²) in [7, 11) is -2.19. The number of hydrogen-bond acceptors (Lipinski definition) is 3. The quantitative estimate of drug-likeness (QED) is 0.908. The summed E-state index contributed by atoms with van der Waals surface area (Å²) in [5, 5.41) is 0. The number of hydrogen-bond donors (Lipinski definition) is 1. The van der Waals surface area contributed by atoms with Crippen molar-refractivity contribution in [3.8, 4) is 5.75 Å². The van der Waals surface area contributed by atoms with E-state index in [1.165, 1.54) is 13.2 Å². The number of nitrogens with one attached hydrogen (secondary N) is 1. The topological polar surface area (TPSA) is 55.4 Å². The van der Waals surface area contributed by atoms with Gasteiger partial charge in [-0.2, -0.15) is 0 Å². The number of methoxy groups -OCH3 is 1. The lowest BCUT2D eigenvalue weighted by molar-refractivity contribution is 0.401. The first-order valence-electron chi connectivity index (χ1n) is 5.72. The average Bonchev–Trinajstić information content (AvgIpc) is 2.46. The van der Waals surface area contributed by atoms with Crippen LogP contribution in [0.4, 0.5) is 0 Å². The van der Waals surface area contributed by atoms with E-state index >= 15 is 0 Å². The van der Waals surface area contributed by atoms with E-state index in [9.17, 15) is 8.42 Å². The third kappa shape index (κ3) is 3.33. The molecule has 0 saturated carbocycles. The maximum absolute atomic E-state index is 12.2. The lowest BCUT2D eigenvalue weighted by atomic mass is 10.2. The minimum absolute atomic E-state index is 0.0911. The van der Waals surface area contributed by atoms with Crippen LogP contribution in [0.15, 0.2) is 53.4 Å². The second-order valence-electron chi connectivity index (χ2n) is 3.88. The number of rotatable bonds is 5. The second-order valence-corrected chi connectivity index (χ2v) is 5.61. The molecule has 0 aliphatic carbocycles. The Kier molecular flexibility index (Phi) is 4.19. The molecule has 99 valence electrons. The van der Waals surface area contributed by atoms with Crippen LogP contribution in [-0.2, 0) is 16.6 Å². The molecular weight excluding hydrogens is 262 g/mol. The van der Waals surface area contributed by atoms with Gasteiger partial charge in [-0.1, -0.05) is 42.5 Å². The van der Waals surface area contributed by atoms with Crippen LogP contribution >= 0.6 is 0 Å². The fourth-order valence-corrected chi connectivity index (χ4v) is 2.79. The van der Waals surface area contributed by atoms with Crippen LogP contribution in [0.5, 0.6) is 5.75 Å². The monoisotopic (exact) mass is 276 g/mol. The minimum atomic E-state index is -3.61. The lowest BCUT2D eigenvalue weighted by Gasteiger charge is -2.10. The largest absolute Gasteiger partial charge is 0.495 e. The van der Waals surface area contributed by atoms with E-state index in [1.807, 2.05) is 30.3 Å². The highest BCUT2D eigenvalue weighted by atomic mass is 32.2. The van der Waals surface area contributed by atoms with Gasteiger partial charge in [0.1, 0.15) is 10.6 Å². The number of ether oxygens (including phenoxy) is 1. The van der Waals surface area contributed by atoms with E-state index in [2.05, 4.69) is 10.8 Å².